The molecule has 3 rings (SSSR count). The van der Waals surface area contributed by atoms with Crippen LogP contribution in [0.25, 0.3) is 11.1 Å². The van der Waals surface area contributed by atoms with Crippen molar-refractivity contribution in [1.29, 1.82) is 0 Å². The van der Waals surface area contributed by atoms with Crippen molar-refractivity contribution < 1.29 is 0 Å². The molecule has 106 valence electrons. The second kappa shape index (κ2) is 6.27. The number of nitrogens with one attached hydrogen (secondary N) is 1. The van der Waals surface area contributed by atoms with E-state index in [0.717, 1.165) is 18.5 Å². The lowest BCUT2D eigenvalue weighted by Gasteiger charge is -2.24. The van der Waals surface area contributed by atoms with Crippen molar-refractivity contribution in [3.8, 4) is 11.1 Å². The fourth-order valence-corrected chi connectivity index (χ4v) is 2.48. The lowest BCUT2D eigenvalue weighted by Crippen LogP contribution is -2.17. The molecule has 0 aliphatic carbocycles. The number of hydrogen-bond donors (Lipinski definition) is 1. The topological polar surface area (TPSA) is 31.9 Å². The Morgan fingerprint density at radius 3 is 2.24 bits per heavy atom. The van der Waals surface area contributed by atoms with Crippen molar-refractivity contribution in [2.75, 3.05) is 11.4 Å². The van der Waals surface area contributed by atoms with Crippen LogP contribution in [0.1, 0.15) is 13.3 Å². The van der Waals surface area contributed by atoms with E-state index in [1.807, 2.05) is 12.4 Å². The Morgan fingerprint density at radius 2 is 1.62 bits per heavy atom. The van der Waals surface area contributed by atoms with E-state index in [-0.39, 0.29) is 0 Å². The molecule has 0 unspecified atom stereocenters. The zero-order valence-corrected chi connectivity index (χ0v) is 12.2. The minimum Gasteiger partial charge on any atom is -0.342 e. The van der Waals surface area contributed by atoms with Gasteiger partial charge in [0, 0.05) is 29.7 Å². The van der Waals surface area contributed by atoms with E-state index in [1.54, 1.807) is 0 Å². The number of para-hydroxylation sites is 1. The summed E-state index contributed by atoms with van der Waals surface area (Å²) < 4.78 is 0. The van der Waals surface area contributed by atoms with Gasteiger partial charge >= 0.3 is 0 Å². The number of nitrogens with zero attached hydrogens (tertiary/aromatic N) is 2. The number of H-pyrrole nitrogens is 1. The van der Waals surface area contributed by atoms with Gasteiger partial charge in [-0.1, -0.05) is 37.3 Å². The average Bonchev–Trinajstić information content (AvgIpc) is 3.08. The van der Waals surface area contributed by atoms with E-state index in [9.17, 15) is 0 Å². The molecule has 3 nitrogen and oxygen atoms in total. The van der Waals surface area contributed by atoms with Crippen LogP contribution in [0.4, 0.5) is 11.4 Å². The molecule has 2 aromatic carbocycles. The molecule has 0 fully saturated rings. The minimum atomic E-state index is 1.01. The summed E-state index contributed by atoms with van der Waals surface area (Å²) in [6, 6.07) is 19.2. The Morgan fingerprint density at radius 1 is 0.905 bits per heavy atom. The van der Waals surface area contributed by atoms with Crippen molar-refractivity contribution in [3.63, 3.8) is 0 Å². The molecule has 0 saturated heterocycles. The number of aromatic nitrogens is 2. The highest BCUT2D eigenvalue weighted by atomic mass is 15.1. The van der Waals surface area contributed by atoms with Crippen molar-refractivity contribution in [2.24, 2.45) is 0 Å². The normalized spacial score (nSPS) is 10.5. The molecule has 0 aliphatic heterocycles. The molecule has 3 heteroatoms. The first-order chi connectivity index (χ1) is 10.4. The Labute approximate surface area is 125 Å². The van der Waals surface area contributed by atoms with Gasteiger partial charge in [-0.05, 0) is 36.2 Å². The maximum Gasteiger partial charge on any atom is 0.0565 e. The van der Waals surface area contributed by atoms with E-state index in [0.29, 0.717) is 0 Å². The first-order valence-corrected chi connectivity index (χ1v) is 7.30. The monoisotopic (exact) mass is 277 g/mol. The first kappa shape index (κ1) is 13.4. The molecule has 0 amide bonds. The summed E-state index contributed by atoms with van der Waals surface area (Å²) in [5.74, 6) is 0. The number of rotatable bonds is 5. The largest absolute Gasteiger partial charge is 0.342 e. The van der Waals surface area contributed by atoms with Crippen LogP contribution in [0.15, 0.2) is 67.0 Å². The molecule has 3 aromatic rings. The summed E-state index contributed by atoms with van der Waals surface area (Å²) in [6.07, 6.45) is 4.87. The van der Waals surface area contributed by atoms with Crippen LogP contribution < -0.4 is 4.90 Å². The van der Waals surface area contributed by atoms with Crippen LogP contribution in [-0.2, 0) is 0 Å². The van der Waals surface area contributed by atoms with Crippen LogP contribution >= 0.6 is 0 Å². The Kier molecular flexibility index (Phi) is 4.01. The van der Waals surface area contributed by atoms with Crippen molar-refractivity contribution in [1.82, 2.24) is 10.2 Å². The molecule has 0 saturated carbocycles. The lowest BCUT2D eigenvalue weighted by molar-refractivity contribution is 0.886. The maximum atomic E-state index is 4.00. The quantitative estimate of drug-likeness (QED) is 0.737. The predicted octanol–water partition coefficient (Wildman–Crippen LogP) is 4.62. The van der Waals surface area contributed by atoms with Gasteiger partial charge in [0.25, 0.3) is 0 Å². The maximum absolute atomic E-state index is 4.00. The third-order valence-corrected chi connectivity index (χ3v) is 3.53. The zero-order chi connectivity index (χ0) is 14.5. The van der Waals surface area contributed by atoms with Crippen molar-refractivity contribution in [2.45, 2.75) is 13.3 Å². The van der Waals surface area contributed by atoms with Crippen LogP contribution in [0, 0.1) is 0 Å². The average molecular weight is 277 g/mol. The summed E-state index contributed by atoms with van der Waals surface area (Å²) in [7, 11) is 0. The smallest absolute Gasteiger partial charge is 0.0565 e. The van der Waals surface area contributed by atoms with Gasteiger partial charge in [0.15, 0.2) is 0 Å². The molecule has 0 spiro atoms. The molecule has 0 radical (unpaired) electrons. The van der Waals surface area contributed by atoms with Gasteiger partial charge in [0.1, 0.15) is 0 Å². The van der Waals surface area contributed by atoms with Crippen LogP contribution in [0.3, 0.4) is 0 Å². The third-order valence-electron chi connectivity index (χ3n) is 3.53. The fraction of sp³-hybridized carbons (Fsp3) is 0.167. The highest BCUT2D eigenvalue weighted by Gasteiger charge is 2.08. The summed E-state index contributed by atoms with van der Waals surface area (Å²) >= 11 is 0. The number of benzene rings is 2. The number of aromatic amines is 1. The van der Waals surface area contributed by atoms with Gasteiger partial charge in [-0.3, -0.25) is 5.10 Å². The van der Waals surface area contributed by atoms with Crippen molar-refractivity contribution in [3.05, 3.63) is 67.0 Å². The van der Waals surface area contributed by atoms with E-state index in [4.69, 9.17) is 0 Å². The Bertz CT molecular complexity index is 657. The van der Waals surface area contributed by atoms with E-state index in [2.05, 4.69) is 76.6 Å². The van der Waals surface area contributed by atoms with E-state index in [1.165, 1.54) is 16.9 Å². The Balaban J connectivity index is 1.90. The standard InChI is InChI=1S/C18H19N3/c1-2-12-21(17-6-4-3-5-7-17)18-10-8-15(9-11-18)16-13-19-20-14-16/h3-11,13-14H,2,12H2,1H3,(H,19,20). The van der Waals surface area contributed by atoms with Crippen LogP contribution in [-0.4, -0.2) is 16.7 Å². The molecule has 0 aliphatic rings. The van der Waals surface area contributed by atoms with Gasteiger partial charge in [-0.25, -0.2) is 0 Å². The highest BCUT2D eigenvalue weighted by molar-refractivity contribution is 5.69. The molecule has 21 heavy (non-hydrogen) atoms. The summed E-state index contributed by atoms with van der Waals surface area (Å²) in [5, 5.41) is 6.85. The fourth-order valence-electron chi connectivity index (χ4n) is 2.48. The van der Waals surface area contributed by atoms with Gasteiger partial charge in [0.2, 0.25) is 0 Å². The summed E-state index contributed by atoms with van der Waals surface area (Å²) in [5.41, 5.74) is 4.74. The van der Waals surface area contributed by atoms with E-state index >= 15 is 0 Å². The van der Waals surface area contributed by atoms with Gasteiger partial charge in [0.05, 0.1) is 6.20 Å². The summed E-state index contributed by atoms with van der Waals surface area (Å²) in [4.78, 5) is 2.35. The number of hydrogen-bond acceptors (Lipinski definition) is 2. The molecule has 1 aromatic heterocycles. The second-order valence-electron chi connectivity index (χ2n) is 5.02. The Hall–Kier alpha value is -2.55. The first-order valence-electron chi connectivity index (χ1n) is 7.30. The minimum absolute atomic E-state index is 1.01. The molecule has 1 N–H and O–H groups in total. The molecule has 1 heterocycles. The summed E-state index contributed by atoms with van der Waals surface area (Å²) in [6.45, 7) is 3.21. The predicted molar refractivity (Wildman–Crippen MR) is 87.8 cm³/mol. The zero-order valence-electron chi connectivity index (χ0n) is 12.2. The third kappa shape index (κ3) is 2.97. The highest BCUT2D eigenvalue weighted by Crippen LogP contribution is 2.28. The van der Waals surface area contributed by atoms with Gasteiger partial charge in [-0.15, -0.1) is 0 Å². The van der Waals surface area contributed by atoms with E-state index < -0.39 is 0 Å². The van der Waals surface area contributed by atoms with Crippen molar-refractivity contribution >= 4 is 11.4 Å². The molecule has 0 atom stereocenters. The molecular weight excluding hydrogens is 258 g/mol. The van der Waals surface area contributed by atoms with Gasteiger partial charge in [-0.2, -0.15) is 5.10 Å². The van der Waals surface area contributed by atoms with Gasteiger partial charge < -0.3 is 4.90 Å². The SMILES string of the molecule is CCCN(c1ccccc1)c1ccc(-c2cn[nH]c2)cc1. The molecular formula is C18H19N3. The van der Waals surface area contributed by atoms with Crippen LogP contribution in [0.2, 0.25) is 0 Å². The van der Waals surface area contributed by atoms with Crippen LogP contribution in [0.5, 0.6) is 0 Å². The number of anilines is 2. The molecule has 0 bridgehead atoms. The second-order valence-corrected chi connectivity index (χ2v) is 5.02. The lowest BCUT2D eigenvalue weighted by atomic mass is 10.1.